The lowest BCUT2D eigenvalue weighted by Gasteiger charge is -2.43. The van der Waals surface area contributed by atoms with E-state index in [9.17, 15) is 13.2 Å². The van der Waals surface area contributed by atoms with Crippen molar-refractivity contribution in [2.75, 3.05) is 19.6 Å². The van der Waals surface area contributed by atoms with Crippen LogP contribution < -0.4 is 4.72 Å². The molecule has 0 bridgehead atoms. The number of rotatable bonds is 5. The number of carbonyl (C=O) groups is 1. The van der Waals surface area contributed by atoms with E-state index in [0.717, 1.165) is 43.7 Å². The lowest BCUT2D eigenvalue weighted by molar-refractivity contribution is -0.139. The number of hydrogen-bond donors (Lipinski definition) is 1. The largest absolute Gasteiger partial charge is 0.338 e. The highest BCUT2D eigenvalue weighted by molar-refractivity contribution is 7.91. The topological polar surface area (TPSA) is 69.7 Å². The molecule has 170 valence electrons. The van der Waals surface area contributed by atoms with E-state index < -0.39 is 16.1 Å². The molecule has 3 heterocycles. The van der Waals surface area contributed by atoms with Crippen molar-refractivity contribution in [1.82, 2.24) is 14.5 Å². The molecule has 0 unspecified atom stereocenters. The highest BCUT2D eigenvalue weighted by atomic mass is 35.5. The number of likely N-dealkylation sites (tertiary alicyclic amines) is 2. The van der Waals surface area contributed by atoms with Crippen LogP contribution in [0.1, 0.15) is 39.5 Å². The lowest BCUT2D eigenvalue weighted by atomic mass is 9.97. The summed E-state index contributed by atoms with van der Waals surface area (Å²) in [6.07, 6.45) is 3.16. The van der Waals surface area contributed by atoms with Gasteiger partial charge in [0.25, 0.3) is 10.0 Å². The van der Waals surface area contributed by atoms with Crippen molar-refractivity contribution in [2.45, 2.75) is 61.9 Å². The Morgan fingerprint density at radius 1 is 1.10 bits per heavy atom. The van der Waals surface area contributed by atoms with Gasteiger partial charge in [-0.3, -0.25) is 4.79 Å². The highest BCUT2D eigenvalue weighted by Crippen LogP contribution is 2.36. The number of hydrogen-bond acceptors (Lipinski definition) is 5. The molecule has 2 aliphatic rings. The summed E-state index contributed by atoms with van der Waals surface area (Å²) in [5.41, 5.74) is 0. The van der Waals surface area contributed by atoms with E-state index in [4.69, 9.17) is 23.2 Å². The van der Waals surface area contributed by atoms with Crippen molar-refractivity contribution in [3.8, 4) is 0 Å². The molecule has 1 atom stereocenters. The minimum absolute atomic E-state index is 0.111. The van der Waals surface area contributed by atoms with Gasteiger partial charge in [0, 0.05) is 46.8 Å². The number of amides is 1. The standard InChI is InChI=1S/C21H27Cl2N3O3S2/c1-13(2)25-8-5-15(6-9-25)26-7-3-4-18(21(26)27)24-31(28,29)20-12-16-17(23)10-14(22)11-19(16)30-20/h10-13,15,18,24H,3-9H2,1-2H3/t18-/m0/s1. The van der Waals surface area contributed by atoms with Crippen molar-refractivity contribution in [1.29, 1.82) is 0 Å². The smallest absolute Gasteiger partial charge is 0.250 e. The number of sulfonamides is 1. The highest BCUT2D eigenvalue weighted by Gasteiger charge is 2.37. The van der Waals surface area contributed by atoms with Crippen molar-refractivity contribution >= 4 is 60.6 Å². The van der Waals surface area contributed by atoms with Crippen LogP contribution in [0.3, 0.4) is 0 Å². The summed E-state index contributed by atoms with van der Waals surface area (Å²) in [7, 11) is -3.85. The van der Waals surface area contributed by atoms with E-state index in [1.807, 2.05) is 4.90 Å². The normalized spacial score (nSPS) is 22.0. The average molecular weight is 505 g/mol. The molecule has 10 heteroatoms. The molecule has 0 radical (unpaired) electrons. The van der Waals surface area contributed by atoms with Crippen molar-refractivity contribution < 1.29 is 13.2 Å². The van der Waals surface area contributed by atoms with Crippen LogP contribution in [0.25, 0.3) is 10.1 Å². The summed E-state index contributed by atoms with van der Waals surface area (Å²) in [4.78, 5) is 17.5. The molecule has 2 aromatic rings. The van der Waals surface area contributed by atoms with Crippen LogP contribution in [-0.4, -0.2) is 61.9 Å². The molecule has 1 aromatic carbocycles. The first-order chi connectivity index (χ1) is 14.7. The van der Waals surface area contributed by atoms with E-state index in [1.54, 1.807) is 18.2 Å². The number of halogens is 2. The SMILES string of the molecule is CC(C)N1CCC(N2CCC[C@H](NS(=O)(=O)c3cc4c(Cl)cc(Cl)cc4s3)C2=O)CC1. The third kappa shape index (κ3) is 4.89. The van der Waals surface area contributed by atoms with E-state index in [0.29, 0.717) is 39.1 Å². The van der Waals surface area contributed by atoms with Crippen molar-refractivity contribution in [3.05, 3.63) is 28.2 Å². The molecule has 2 saturated heterocycles. The van der Waals surface area contributed by atoms with Gasteiger partial charge in [-0.05, 0) is 57.7 Å². The first-order valence-corrected chi connectivity index (χ1v) is 13.7. The van der Waals surface area contributed by atoms with Crippen molar-refractivity contribution in [3.63, 3.8) is 0 Å². The van der Waals surface area contributed by atoms with E-state index in [1.165, 1.54) is 0 Å². The van der Waals surface area contributed by atoms with Gasteiger partial charge in [-0.15, -0.1) is 11.3 Å². The van der Waals surface area contributed by atoms with Crippen LogP contribution in [0.5, 0.6) is 0 Å². The van der Waals surface area contributed by atoms with Gasteiger partial charge in [-0.1, -0.05) is 23.2 Å². The van der Waals surface area contributed by atoms with Gasteiger partial charge in [0.05, 0.1) is 5.02 Å². The molecule has 1 N–H and O–H groups in total. The summed E-state index contributed by atoms with van der Waals surface area (Å²) >= 11 is 13.4. The van der Waals surface area contributed by atoms with Gasteiger partial charge in [-0.25, -0.2) is 8.42 Å². The molecule has 31 heavy (non-hydrogen) atoms. The second-order valence-electron chi connectivity index (χ2n) is 8.57. The number of nitrogens with zero attached hydrogens (tertiary/aromatic N) is 2. The predicted molar refractivity (Wildman–Crippen MR) is 127 cm³/mol. The van der Waals surface area contributed by atoms with Crippen LogP contribution in [0, 0.1) is 0 Å². The minimum Gasteiger partial charge on any atom is -0.338 e. The Morgan fingerprint density at radius 3 is 2.48 bits per heavy atom. The van der Waals surface area contributed by atoms with Crippen molar-refractivity contribution in [2.24, 2.45) is 0 Å². The predicted octanol–water partition coefficient (Wildman–Crippen LogP) is 4.35. The van der Waals surface area contributed by atoms with Gasteiger partial charge in [0.15, 0.2) is 0 Å². The fourth-order valence-corrected chi connectivity index (χ4v) is 7.87. The average Bonchev–Trinajstić information content (AvgIpc) is 3.15. The molecule has 1 aromatic heterocycles. The molecular formula is C21H27Cl2N3O3S2. The fraction of sp³-hybridized carbons (Fsp3) is 0.571. The molecule has 6 nitrogen and oxygen atoms in total. The summed E-state index contributed by atoms with van der Waals surface area (Å²) in [6.45, 7) is 7.00. The van der Waals surface area contributed by atoms with E-state index in [2.05, 4.69) is 23.5 Å². The van der Waals surface area contributed by atoms with E-state index >= 15 is 0 Å². The number of benzene rings is 1. The first kappa shape index (κ1) is 23.3. The summed E-state index contributed by atoms with van der Waals surface area (Å²) in [6, 6.07) is 4.79. The zero-order chi connectivity index (χ0) is 22.3. The molecule has 0 aliphatic carbocycles. The number of thiophene rings is 1. The van der Waals surface area contributed by atoms with Crippen LogP contribution >= 0.6 is 34.5 Å². The quantitative estimate of drug-likeness (QED) is 0.658. The second-order valence-corrected chi connectivity index (χ2v) is 12.4. The lowest BCUT2D eigenvalue weighted by Crippen LogP contribution is -2.57. The Labute approximate surface area is 197 Å². The van der Waals surface area contributed by atoms with Gasteiger partial charge in [0.1, 0.15) is 10.3 Å². The first-order valence-electron chi connectivity index (χ1n) is 10.6. The fourth-order valence-electron chi connectivity index (χ4n) is 4.50. The Balaban J connectivity index is 1.48. The van der Waals surface area contributed by atoms with Crippen LogP contribution in [0.4, 0.5) is 0 Å². The van der Waals surface area contributed by atoms with Gasteiger partial charge in [0.2, 0.25) is 5.91 Å². The molecule has 2 fully saturated rings. The second kappa shape index (κ2) is 9.15. The van der Waals surface area contributed by atoms with Gasteiger partial charge >= 0.3 is 0 Å². The maximum absolute atomic E-state index is 13.2. The van der Waals surface area contributed by atoms with Gasteiger partial charge < -0.3 is 9.80 Å². The maximum atomic E-state index is 13.2. The molecule has 2 aliphatic heterocycles. The Morgan fingerprint density at radius 2 is 1.81 bits per heavy atom. The Bertz CT molecular complexity index is 1080. The summed E-state index contributed by atoms with van der Waals surface area (Å²) in [5, 5.41) is 1.51. The third-order valence-electron chi connectivity index (χ3n) is 6.23. The van der Waals surface area contributed by atoms with Gasteiger partial charge in [-0.2, -0.15) is 4.72 Å². The molecule has 1 amide bonds. The summed E-state index contributed by atoms with van der Waals surface area (Å²) < 4.78 is 29.6. The zero-order valence-corrected chi connectivity index (χ0v) is 20.8. The number of piperidine rings is 2. The Kier molecular flexibility index (Phi) is 6.87. The summed E-state index contributed by atoms with van der Waals surface area (Å²) in [5.74, 6) is -0.111. The molecule has 4 rings (SSSR count). The van der Waals surface area contributed by atoms with E-state index in [-0.39, 0.29) is 16.2 Å². The molecular weight excluding hydrogens is 477 g/mol. The zero-order valence-electron chi connectivity index (χ0n) is 17.6. The number of fused-ring (bicyclic) bond motifs is 1. The third-order valence-corrected chi connectivity index (χ3v) is 9.79. The molecule has 0 spiro atoms. The number of carbonyl (C=O) groups excluding carboxylic acids is 1. The van der Waals surface area contributed by atoms with Crippen LogP contribution in [0.2, 0.25) is 10.0 Å². The molecule has 0 saturated carbocycles. The van der Waals surface area contributed by atoms with Crippen LogP contribution in [0.15, 0.2) is 22.4 Å². The Hall–Kier alpha value is -0.900. The monoisotopic (exact) mass is 503 g/mol. The van der Waals surface area contributed by atoms with Crippen LogP contribution in [-0.2, 0) is 14.8 Å². The maximum Gasteiger partial charge on any atom is 0.250 e. The minimum atomic E-state index is -3.85. The number of nitrogens with one attached hydrogen (secondary N) is 1.